The second-order valence-electron chi connectivity index (χ2n) is 5.12. The number of nitrogens with two attached hydrogens (primary N) is 1. The van der Waals surface area contributed by atoms with Crippen molar-refractivity contribution in [3.8, 4) is 5.75 Å². The molecule has 3 amide bonds. The van der Waals surface area contributed by atoms with Crippen molar-refractivity contribution >= 4 is 35.6 Å². The highest BCUT2D eigenvalue weighted by molar-refractivity contribution is 7.99. The number of urea groups is 1. The summed E-state index contributed by atoms with van der Waals surface area (Å²) in [5, 5.41) is 6.36. The maximum Gasteiger partial charge on any atom is 0.316 e. The Labute approximate surface area is 156 Å². The Hall–Kier alpha value is -3.00. The Morgan fingerprint density at radius 1 is 1.12 bits per heavy atom. The molecule has 0 aliphatic heterocycles. The third-order valence-corrected chi connectivity index (χ3v) is 3.98. The summed E-state index contributed by atoms with van der Waals surface area (Å²) in [5.41, 5.74) is 8.87. The molecule has 0 saturated carbocycles. The summed E-state index contributed by atoms with van der Waals surface area (Å²) in [6, 6.07) is 15.8. The van der Waals surface area contributed by atoms with Crippen LogP contribution in [-0.2, 0) is 4.79 Å². The fourth-order valence-electron chi connectivity index (χ4n) is 1.91. The number of benzene rings is 2. The van der Waals surface area contributed by atoms with E-state index in [1.165, 1.54) is 18.0 Å². The number of hydrogen-bond acceptors (Lipinski definition) is 5. The number of carbonyl (C=O) groups excluding carboxylic acids is 2. The molecular weight excluding hydrogens is 352 g/mol. The van der Waals surface area contributed by atoms with Gasteiger partial charge in [0.1, 0.15) is 5.75 Å². The normalized spacial score (nSPS) is 10.5. The summed E-state index contributed by atoms with van der Waals surface area (Å²) >= 11 is 1.47. The number of ether oxygens (including phenoxy) is 1. The molecule has 26 heavy (non-hydrogen) atoms. The minimum absolute atomic E-state index is 0.182. The van der Waals surface area contributed by atoms with Crippen molar-refractivity contribution in [3.63, 3.8) is 0 Å². The molecule has 0 fully saturated rings. The molecule has 4 N–H and O–H groups in total. The molecule has 0 bridgehead atoms. The van der Waals surface area contributed by atoms with E-state index in [1.54, 1.807) is 24.3 Å². The highest BCUT2D eigenvalue weighted by Crippen LogP contribution is 2.09. The van der Waals surface area contributed by atoms with E-state index in [4.69, 9.17) is 10.5 Å². The zero-order chi connectivity index (χ0) is 18.6. The lowest BCUT2D eigenvalue weighted by molar-refractivity contribution is -0.118. The molecular formula is C18H20N4O3S. The van der Waals surface area contributed by atoms with Gasteiger partial charge in [0.2, 0.25) is 5.91 Å². The Bertz CT molecular complexity index is 736. The molecule has 2 aromatic rings. The molecule has 136 valence electrons. The molecule has 7 nitrogen and oxygen atoms in total. The predicted molar refractivity (Wildman–Crippen MR) is 105 cm³/mol. The number of nitrogens with zero attached hydrogens (tertiary/aromatic N) is 1. The van der Waals surface area contributed by atoms with Crippen LogP contribution in [0.15, 0.2) is 59.7 Å². The van der Waals surface area contributed by atoms with Gasteiger partial charge in [-0.05, 0) is 29.8 Å². The van der Waals surface area contributed by atoms with Crippen molar-refractivity contribution in [1.29, 1.82) is 0 Å². The molecule has 0 radical (unpaired) electrons. The van der Waals surface area contributed by atoms with Crippen molar-refractivity contribution in [2.45, 2.75) is 0 Å². The molecule has 0 aliphatic rings. The molecule has 0 atom stereocenters. The van der Waals surface area contributed by atoms with Crippen molar-refractivity contribution in [2.75, 3.05) is 23.4 Å². The first-order valence-electron chi connectivity index (χ1n) is 7.87. The van der Waals surface area contributed by atoms with Crippen LogP contribution < -0.4 is 21.2 Å². The van der Waals surface area contributed by atoms with Gasteiger partial charge in [0.05, 0.1) is 18.6 Å². The second kappa shape index (κ2) is 10.8. The van der Waals surface area contributed by atoms with Crippen LogP contribution in [0, 0.1) is 0 Å². The second-order valence-corrected chi connectivity index (χ2v) is 6.22. The molecule has 2 aromatic carbocycles. The third-order valence-electron chi connectivity index (χ3n) is 3.05. The molecule has 0 saturated heterocycles. The van der Waals surface area contributed by atoms with E-state index in [9.17, 15) is 9.59 Å². The fraction of sp³-hybridized carbons (Fsp3) is 0.167. The van der Waals surface area contributed by atoms with E-state index in [1.807, 2.05) is 30.3 Å². The topological polar surface area (TPSA) is 106 Å². The van der Waals surface area contributed by atoms with Crippen molar-refractivity contribution in [3.05, 3.63) is 60.2 Å². The monoisotopic (exact) mass is 372 g/mol. The molecule has 2 rings (SSSR count). The van der Waals surface area contributed by atoms with Gasteiger partial charge < -0.3 is 15.8 Å². The third kappa shape index (κ3) is 7.71. The van der Waals surface area contributed by atoms with Crippen LogP contribution in [0.25, 0.3) is 0 Å². The van der Waals surface area contributed by atoms with Crippen LogP contribution in [0.5, 0.6) is 5.75 Å². The summed E-state index contributed by atoms with van der Waals surface area (Å²) in [4.78, 5) is 22.4. The Morgan fingerprint density at radius 2 is 1.85 bits per heavy atom. The molecule has 0 spiro atoms. The van der Waals surface area contributed by atoms with E-state index in [0.717, 1.165) is 11.3 Å². The molecule has 0 aliphatic carbocycles. The minimum Gasteiger partial charge on any atom is -0.493 e. The first-order chi connectivity index (χ1) is 12.6. The Morgan fingerprint density at radius 3 is 2.54 bits per heavy atom. The standard InChI is InChI=1S/C18H20N4O3S/c19-18(24)21-15-8-6-14(7-9-15)12-20-22-17(23)13-26-11-10-25-16-4-2-1-3-5-16/h1-9,12H,10-11,13H2,(H,22,23)(H3,19,21,24)/b20-12+. The largest absolute Gasteiger partial charge is 0.493 e. The number of para-hydroxylation sites is 1. The summed E-state index contributed by atoms with van der Waals surface area (Å²) in [6.07, 6.45) is 1.52. The van der Waals surface area contributed by atoms with Crippen LogP contribution in [0.3, 0.4) is 0 Å². The highest BCUT2D eigenvalue weighted by Gasteiger charge is 2.00. The van der Waals surface area contributed by atoms with Crippen LogP contribution >= 0.6 is 11.8 Å². The number of carbonyl (C=O) groups is 2. The average Bonchev–Trinajstić information content (AvgIpc) is 2.63. The smallest absolute Gasteiger partial charge is 0.316 e. The van der Waals surface area contributed by atoms with Gasteiger partial charge in [-0.3, -0.25) is 4.79 Å². The van der Waals surface area contributed by atoms with E-state index in [-0.39, 0.29) is 5.91 Å². The number of amides is 3. The van der Waals surface area contributed by atoms with Crippen molar-refractivity contribution < 1.29 is 14.3 Å². The number of primary amides is 1. The summed E-state index contributed by atoms with van der Waals surface area (Å²) in [7, 11) is 0. The van der Waals surface area contributed by atoms with E-state index in [2.05, 4.69) is 15.8 Å². The van der Waals surface area contributed by atoms with Gasteiger partial charge in [-0.1, -0.05) is 30.3 Å². The molecule has 0 unspecified atom stereocenters. The molecule has 8 heteroatoms. The van der Waals surface area contributed by atoms with Gasteiger partial charge in [0, 0.05) is 11.4 Å². The predicted octanol–water partition coefficient (Wildman–Crippen LogP) is 2.44. The van der Waals surface area contributed by atoms with Crippen molar-refractivity contribution in [1.82, 2.24) is 5.43 Å². The van der Waals surface area contributed by atoms with Crippen LogP contribution in [0.2, 0.25) is 0 Å². The van der Waals surface area contributed by atoms with Gasteiger partial charge in [0.25, 0.3) is 0 Å². The summed E-state index contributed by atoms with van der Waals surface area (Å²) in [5.74, 6) is 1.65. The lowest BCUT2D eigenvalue weighted by Gasteiger charge is -2.05. The number of anilines is 1. The number of hydrogen-bond donors (Lipinski definition) is 3. The van der Waals surface area contributed by atoms with Crippen LogP contribution in [0.4, 0.5) is 10.5 Å². The summed E-state index contributed by atoms with van der Waals surface area (Å²) < 4.78 is 5.54. The average molecular weight is 372 g/mol. The molecule has 0 heterocycles. The van der Waals surface area contributed by atoms with Crippen molar-refractivity contribution in [2.24, 2.45) is 10.8 Å². The highest BCUT2D eigenvalue weighted by atomic mass is 32.2. The maximum absolute atomic E-state index is 11.7. The van der Waals surface area contributed by atoms with Gasteiger partial charge >= 0.3 is 6.03 Å². The number of rotatable bonds is 9. The zero-order valence-corrected chi connectivity index (χ0v) is 14.9. The number of nitrogens with one attached hydrogen (secondary N) is 2. The fourth-order valence-corrected chi connectivity index (χ4v) is 2.50. The summed E-state index contributed by atoms with van der Waals surface area (Å²) in [6.45, 7) is 0.539. The first kappa shape index (κ1) is 19.3. The SMILES string of the molecule is NC(=O)Nc1ccc(/C=N/NC(=O)CSCCOc2ccccc2)cc1. The lowest BCUT2D eigenvalue weighted by atomic mass is 10.2. The van der Waals surface area contributed by atoms with Gasteiger partial charge in [-0.25, -0.2) is 10.2 Å². The zero-order valence-electron chi connectivity index (χ0n) is 14.1. The van der Waals surface area contributed by atoms with E-state index < -0.39 is 6.03 Å². The number of hydrazone groups is 1. The Balaban J connectivity index is 1.60. The maximum atomic E-state index is 11.7. The Kier molecular flexibility index (Phi) is 8.01. The van der Waals surface area contributed by atoms with E-state index in [0.29, 0.717) is 23.8 Å². The lowest BCUT2D eigenvalue weighted by Crippen LogP contribution is -2.20. The minimum atomic E-state index is -0.620. The molecule has 0 aromatic heterocycles. The van der Waals surface area contributed by atoms with Gasteiger partial charge in [-0.15, -0.1) is 11.8 Å². The van der Waals surface area contributed by atoms with Crippen LogP contribution in [0.1, 0.15) is 5.56 Å². The quantitative estimate of drug-likeness (QED) is 0.357. The number of thioether (sulfide) groups is 1. The van der Waals surface area contributed by atoms with Crippen LogP contribution in [-0.4, -0.2) is 36.3 Å². The van der Waals surface area contributed by atoms with Gasteiger partial charge in [0.15, 0.2) is 0 Å². The van der Waals surface area contributed by atoms with Gasteiger partial charge in [-0.2, -0.15) is 5.10 Å². The van der Waals surface area contributed by atoms with E-state index >= 15 is 0 Å². The first-order valence-corrected chi connectivity index (χ1v) is 9.03.